The number of ketones is 1. The second-order valence-electron chi connectivity index (χ2n) is 19.6. The minimum atomic E-state index is -1.45. The van der Waals surface area contributed by atoms with Crippen molar-refractivity contribution in [1.29, 1.82) is 0 Å². The topological polar surface area (TPSA) is 170 Å². The van der Waals surface area contributed by atoms with Crippen LogP contribution in [0, 0.1) is 41.4 Å². The first-order chi connectivity index (χ1) is 28.8. The molecule has 0 bridgehead atoms. The number of benzene rings is 1. The maximum absolute atomic E-state index is 14.7. The van der Waals surface area contributed by atoms with E-state index in [1.807, 2.05) is 66.7 Å². The molecule has 62 heavy (non-hydrogen) atoms. The molecule has 6 rings (SSSR count). The molecular weight excluding hydrogens is 804 g/mol. The van der Waals surface area contributed by atoms with E-state index in [2.05, 4.69) is 13.8 Å². The molecule has 2 N–H and O–H groups in total. The second-order valence-corrected chi connectivity index (χ2v) is 19.6. The Balaban J connectivity index is 0.00000726. The monoisotopic (exact) mass is 876 g/mol. The van der Waals surface area contributed by atoms with Crippen molar-refractivity contribution in [2.24, 2.45) is 41.4 Å². The van der Waals surface area contributed by atoms with Crippen LogP contribution in [0.1, 0.15) is 144 Å². The number of esters is 1. The summed E-state index contributed by atoms with van der Waals surface area (Å²) in [4.78, 5) is 40.2. The summed E-state index contributed by atoms with van der Waals surface area (Å²) in [6.07, 6.45) is 4.90. The third kappa shape index (κ3) is 10.0. The number of aliphatic hydroxyl groups is 2. The third-order valence-corrected chi connectivity index (χ3v) is 15.7. The van der Waals surface area contributed by atoms with Crippen LogP contribution < -0.4 is 34.7 Å². The molecule has 0 aromatic heterocycles. The number of hydrogen-bond donors (Lipinski definition) is 2. The fourth-order valence-electron chi connectivity index (χ4n) is 11.3. The molecule has 5 heterocycles. The molecule has 0 aliphatic carbocycles. The van der Waals surface area contributed by atoms with Crippen molar-refractivity contribution >= 4 is 17.7 Å². The van der Waals surface area contributed by atoms with Gasteiger partial charge in [0.05, 0.1) is 53.4 Å². The van der Waals surface area contributed by atoms with E-state index in [-0.39, 0.29) is 59.2 Å². The van der Waals surface area contributed by atoms with Crippen LogP contribution in [0.15, 0.2) is 42.5 Å². The van der Waals surface area contributed by atoms with Gasteiger partial charge in [-0.3, -0.25) is 4.79 Å². The zero-order valence-corrected chi connectivity index (χ0v) is 41.2. The molecule has 0 unspecified atom stereocenters. The Labute approximate surface area is 391 Å². The summed E-state index contributed by atoms with van der Waals surface area (Å²) in [6.45, 7) is 19.5. The number of carbonyl (C=O) groups is 3. The van der Waals surface area contributed by atoms with Crippen LogP contribution in [0.5, 0.6) is 0 Å². The van der Waals surface area contributed by atoms with E-state index in [9.17, 15) is 29.7 Å². The van der Waals surface area contributed by atoms with E-state index in [4.69, 9.17) is 28.4 Å². The van der Waals surface area contributed by atoms with Gasteiger partial charge < -0.3 is 48.5 Å². The first-order valence-corrected chi connectivity index (χ1v) is 23.3. The van der Waals surface area contributed by atoms with Gasteiger partial charge in [-0.05, 0) is 108 Å². The van der Waals surface area contributed by atoms with E-state index >= 15 is 0 Å². The summed E-state index contributed by atoms with van der Waals surface area (Å²) in [7, 11) is 0. The summed E-state index contributed by atoms with van der Waals surface area (Å²) in [5.41, 5.74) is -1.37. The largest absolute Gasteiger partial charge is 1.00 e. The number of carbonyl (C=O) groups excluding carboxylic acids is 3. The molecule has 1 aromatic carbocycles. The zero-order valence-electron chi connectivity index (χ0n) is 39.2. The van der Waals surface area contributed by atoms with Gasteiger partial charge in [0.25, 0.3) is 0 Å². The molecule has 0 amide bonds. The van der Waals surface area contributed by atoms with Crippen LogP contribution in [0.2, 0.25) is 0 Å². The number of rotatable bonds is 14. The maximum Gasteiger partial charge on any atom is 1.00 e. The number of ether oxygens (including phenoxy) is 6. The molecule has 0 radical (unpaired) electrons. The van der Waals surface area contributed by atoms with Gasteiger partial charge >= 0.3 is 35.5 Å². The average molecular weight is 877 g/mol. The van der Waals surface area contributed by atoms with E-state index in [0.29, 0.717) is 63.4 Å². The Bertz CT molecular complexity index is 1730. The predicted molar refractivity (Wildman–Crippen MR) is 226 cm³/mol. The fourth-order valence-corrected chi connectivity index (χ4v) is 11.3. The van der Waals surface area contributed by atoms with Crippen molar-refractivity contribution in [3.8, 4) is 0 Å². The Morgan fingerprint density at radius 1 is 0.887 bits per heavy atom. The molecule has 0 saturated carbocycles. The molecule has 5 aliphatic rings. The smallest absolute Gasteiger partial charge is 0.550 e. The number of hydrogen-bond acceptors (Lipinski definition) is 12. The van der Waals surface area contributed by atoms with Crippen LogP contribution >= 0.6 is 0 Å². The second kappa shape index (κ2) is 20.4. The minimum absolute atomic E-state index is 0. The van der Waals surface area contributed by atoms with Crippen LogP contribution in [0.25, 0.3) is 0 Å². The first-order valence-electron chi connectivity index (χ1n) is 23.3. The van der Waals surface area contributed by atoms with Crippen LogP contribution in [0.4, 0.5) is 0 Å². The van der Waals surface area contributed by atoms with Gasteiger partial charge in [0.15, 0.2) is 11.9 Å². The summed E-state index contributed by atoms with van der Waals surface area (Å²) < 4.78 is 40.6. The molecule has 12 nitrogen and oxygen atoms in total. The van der Waals surface area contributed by atoms with E-state index < -0.39 is 95.0 Å². The van der Waals surface area contributed by atoms with Crippen molar-refractivity contribution in [3.05, 3.63) is 48.0 Å². The molecule has 4 saturated heterocycles. The molecule has 5 aliphatic heterocycles. The molecule has 2 spiro atoms. The van der Waals surface area contributed by atoms with E-state index in [1.165, 1.54) is 0 Å². The molecule has 13 heteroatoms. The van der Waals surface area contributed by atoms with E-state index in [0.717, 1.165) is 6.42 Å². The molecule has 1 aromatic rings. The number of aliphatic hydroxyl groups excluding tert-OH is 1. The molecular formula is C49H73NaO12. The summed E-state index contributed by atoms with van der Waals surface area (Å²) in [5, 5.41) is 35.0. The Kier molecular flexibility index (Phi) is 16.9. The number of carboxylic acids is 1. The average Bonchev–Trinajstić information content (AvgIpc) is 3.58. The number of Topliss-reactive ketones (excluding diaryl/α,β-unsaturated/α-hetero) is 1. The summed E-state index contributed by atoms with van der Waals surface area (Å²) >= 11 is 0. The maximum atomic E-state index is 14.7. The van der Waals surface area contributed by atoms with Crippen molar-refractivity contribution in [3.63, 3.8) is 0 Å². The van der Waals surface area contributed by atoms with Crippen LogP contribution in [-0.2, 0) is 38.0 Å². The summed E-state index contributed by atoms with van der Waals surface area (Å²) in [5.74, 6) is -7.22. The van der Waals surface area contributed by atoms with E-state index in [1.54, 1.807) is 31.2 Å². The van der Waals surface area contributed by atoms with Crippen molar-refractivity contribution < 1.29 is 87.7 Å². The van der Waals surface area contributed by atoms with Gasteiger partial charge in [-0.1, -0.05) is 73.6 Å². The summed E-state index contributed by atoms with van der Waals surface area (Å²) in [6, 6.07) is 8.80. The predicted octanol–water partition coefficient (Wildman–Crippen LogP) is 3.72. The normalized spacial score (nSPS) is 40.8. The van der Waals surface area contributed by atoms with Crippen molar-refractivity contribution in [2.45, 2.75) is 199 Å². The fraction of sp³-hybridized carbons (Fsp3) is 0.776. The van der Waals surface area contributed by atoms with Crippen LogP contribution in [-0.4, -0.2) is 93.4 Å². The minimum Gasteiger partial charge on any atom is -0.550 e. The Hall–Kier alpha value is -1.71. The van der Waals surface area contributed by atoms with Gasteiger partial charge in [0, 0.05) is 42.0 Å². The molecule has 18 atom stereocenters. The first kappa shape index (κ1) is 51.3. The number of carboxylic acid groups (broad SMARTS) is 1. The van der Waals surface area contributed by atoms with Crippen molar-refractivity contribution in [2.75, 3.05) is 0 Å². The SMILES string of the molecule is CC[C@@H](C(=O)[C@@H](C)[C@@H](O)[C@H](C)[C@@H]1O[C@@H]([C@@H](CC)C(=O)[O-])CC[C@@H]1C)[C@H]1O[C@@]2(C=C[C@@H](OC(=O)c3ccccc3)[C@]3(CC[C@@](C)([C@H]4CC[C@](O)(CC)[C@H](C)O4)O3)O2)[C@H](C)C[C@@H]1C.[Na+]. The van der Waals surface area contributed by atoms with Gasteiger partial charge in [0.1, 0.15) is 5.78 Å². The van der Waals surface area contributed by atoms with Gasteiger partial charge in [-0.2, -0.15) is 0 Å². The quantitative estimate of drug-likeness (QED) is 0.158. The van der Waals surface area contributed by atoms with Gasteiger partial charge in [0.2, 0.25) is 5.79 Å². The van der Waals surface area contributed by atoms with Crippen LogP contribution in [0.3, 0.4) is 0 Å². The zero-order chi connectivity index (χ0) is 44.7. The Morgan fingerprint density at radius 2 is 1.56 bits per heavy atom. The van der Waals surface area contributed by atoms with Crippen molar-refractivity contribution in [1.82, 2.24) is 0 Å². The van der Waals surface area contributed by atoms with Gasteiger partial charge in [-0.25, -0.2) is 4.79 Å². The third-order valence-electron chi connectivity index (χ3n) is 15.7. The standard InChI is InChI=1S/C49H74O12.Na/c1-11-35(44(52)53)37-20-19-28(4)42(57-37)32(8)40(50)31(7)41(51)36(12-2)43-29(5)27-30(6)48(59-43)24-22-39(58-45(54)34-17-15-14-16-18-34)49(61-48)26-25-46(10,60-49)38-21-23-47(55,13-3)33(9)56-38;/h14-18,22,24,28-33,35-40,42-43,50,55H,11-13,19-21,23,25-27H2,1-10H3,(H,52,53);/q;+1/p-1/t28-,29-,30+,31-,32-,33-,35+,36-,37+,38+,39+,40+,42+,43-,46-,47+,48+,49-;/m0./s1. The number of aliphatic carboxylic acids is 1. The Morgan fingerprint density at radius 3 is 2.18 bits per heavy atom. The molecule has 342 valence electrons. The molecule has 4 fully saturated rings. The van der Waals surface area contributed by atoms with Gasteiger partial charge in [-0.15, -0.1) is 0 Å².